The summed E-state index contributed by atoms with van der Waals surface area (Å²) in [6, 6.07) is 41.0. The Kier molecular flexibility index (Phi) is 10.7. The highest BCUT2D eigenvalue weighted by atomic mass is 32.2. The van der Waals surface area contributed by atoms with Gasteiger partial charge in [-0.1, -0.05) is 109 Å². The molecule has 2 atom stereocenters. The van der Waals surface area contributed by atoms with Gasteiger partial charge >= 0.3 is 6.03 Å². The zero-order chi connectivity index (χ0) is 34.9. The number of amides is 4. The van der Waals surface area contributed by atoms with Crippen molar-refractivity contribution in [2.24, 2.45) is 5.92 Å². The summed E-state index contributed by atoms with van der Waals surface area (Å²) in [5.41, 5.74) is 4.82. The summed E-state index contributed by atoms with van der Waals surface area (Å²) in [5.74, 6) is -0.918. The number of aryl methyl sites for hydroxylation is 1. The standard InChI is InChI=1S/C40H38N4O5S/c45-37(27-41-40(47)42-34-19-12-18-33(26-34)39(46)43-50(48,49)35-20-8-3-9-21-35)44(28-30-15-6-2-7-16-30)38-32(25-29-13-4-1-5-14-29)24-23-31-17-10-11-22-36(31)38/h1-22,26,32,38H,23-25,27-28H2,(H,43,46)(H2,41,42,47). The molecular formula is C40H38N4O5S. The largest absolute Gasteiger partial charge is 0.329 e. The normalized spacial score (nSPS) is 15.3. The fraction of sp³-hybridized carbons (Fsp3) is 0.175. The van der Waals surface area contributed by atoms with Crippen molar-refractivity contribution in [1.82, 2.24) is 14.9 Å². The molecule has 0 aliphatic heterocycles. The second kappa shape index (κ2) is 15.7. The maximum atomic E-state index is 14.2. The van der Waals surface area contributed by atoms with Gasteiger partial charge in [-0.3, -0.25) is 9.59 Å². The van der Waals surface area contributed by atoms with Gasteiger partial charge in [0.05, 0.1) is 17.5 Å². The lowest BCUT2D eigenvalue weighted by Crippen LogP contribution is -2.46. The van der Waals surface area contributed by atoms with Crippen LogP contribution in [0.1, 0.15) is 45.1 Å². The Hall–Kier alpha value is -5.74. The zero-order valence-corrected chi connectivity index (χ0v) is 28.2. The molecule has 1 aliphatic rings. The van der Waals surface area contributed by atoms with Crippen LogP contribution in [-0.2, 0) is 34.2 Å². The molecule has 1 aliphatic carbocycles. The smallest absolute Gasteiger partial charge is 0.319 e. The third kappa shape index (κ3) is 8.45. The lowest BCUT2D eigenvalue weighted by atomic mass is 9.76. The Morgan fingerprint density at radius 3 is 2.08 bits per heavy atom. The predicted octanol–water partition coefficient (Wildman–Crippen LogP) is 6.50. The van der Waals surface area contributed by atoms with Crippen molar-refractivity contribution in [3.63, 3.8) is 0 Å². The molecule has 5 aromatic carbocycles. The molecule has 0 saturated carbocycles. The molecule has 3 N–H and O–H groups in total. The molecule has 4 amide bonds. The molecule has 6 rings (SSSR count). The second-order valence-electron chi connectivity index (χ2n) is 12.3. The zero-order valence-electron chi connectivity index (χ0n) is 27.4. The van der Waals surface area contributed by atoms with Gasteiger partial charge in [-0.05, 0) is 77.8 Å². The molecule has 5 aromatic rings. The average molecular weight is 687 g/mol. The van der Waals surface area contributed by atoms with Gasteiger partial charge in [-0.2, -0.15) is 0 Å². The van der Waals surface area contributed by atoms with Gasteiger partial charge in [0.15, 0.2) is 0 Å². The molecule has 0 spiro atoms. The molecule has 0 saturated heterocycles. The van der Waals surface area contributed by atoms with Crippen LogP contribution in [0.3, 0.4) is 0 Å². The molecule has 0 bridgehead atoms. The molecule has 10 heteroatoms. The van der Waals surface area contributed by atoms with Gasteiger partial charge in [0.25, 0.3) is 15.9 Å². The number of nitrogens with zero attached hydrogens (tertiary/aromatic N) is 1. The van der Waals surface area contributed by atoms with E-state index in [0.717, 1.165) is 30.4 Å². The molecule has 50 heavy (non-hydrogen) atoms. The van der Waals surface area contributed by atoms with Crippen molar-refractivity contribution in [2.75, 3.05) is 11.9 Å². The number of anilines is 1. The molecular weight excluding hydrogens is 649 g/mol. The Morgan fingerprint density at radius 1 is 0.720 bits per heavy atom. The van der Waals surface area contributed by atoms with E-state index in [1.165, 1.54) is 41.5 Å². The van der Waals surface area contributed by atoms with Crippen LogP contribution in [0.15, 0.2) is 144 Å². The number of sulfonamides is 1. The Labute approximate surface area is 292 Å². The number of rotatable bonds is 11. The number of nitrogens with one attached hydrogen (secondary N) is 3. The summed E-state index contributed by atoms with van der Waals surface area (Å²) < 4.78 is 27.3. The monoisotopic (exact) mass is 686 g/mol. The van der Waals surface area contributed by atoms with Crippen molar-refractivity contribution in [1.29, 1.82) is 0 Å². The van der Waals surface area contributed by atoms with Crippen LogP contribution in [0, 0.1) is 5.92 Å². The molecule has 9 nitrogen and oxygen atoms in total. The van der Waals surface area contributed by atoms with E-state index in [4.69, 9.17) is 0 Å². The minimum absolute atomic E-state index is 0.0350. The third-order valence-corrected chi connectivity index (χ3v) is 10.2. The SMILES string of the molecule is O=C(NCC(=O)N(Cc1ccccc1)C1c2ccccc2CCC1Cc1ccccc1)Nc1cccc(C(=O)NS(=O)(=O)c2ccccc2)c1. The Morgan fingerprint density at radius 2 is 1.36 bits per heavy atom. The number of fused-ring (bicyclic) bond motifs is 1. The lowest BCUT2D eigenvalue weighted by Gasteiger charge is -2.42. The minimum Gasteiger partial charge on any atom is -0.329 e. The summed E-state index contributed by atoms with van der Waals surface area (Å²) in [4.78, 5) is 41.9. The van der Waals surface area contributed by atoms with Gasteiger partial charge in [-0.25, -0.2) is 17.9 Å². The van der Waals surface area contributed by atoms with E-state index in [0.29, 0.717) is 6.54 Å². The summed E-state index contributed by atoms with van der Waals surface area (Å²) in [7, 11) is -4.08. The fourth-order valence-corrected chi connectivity index (χ4v) is 7.48. The van der Waals surface area contributed by atoms with E-state index in [9.17, 15) is 22.8 Å². The molecule has 0 radical (unpaired) electrons. The van der Waals surface area contributed by atoms with Crippen molar-refractivity contribution in [3.05, 3.63) is 167 Å². The van der Waals surface area contributed by atoms with Crippen LogP contribution in [0.5, 0.6) is 0 Å². The van der Waals surface area contributed by atoms with Crippen LogP contribution in [-0.4, -0.2) is 37.7 Å². The van der Waals surface area contributed by atoms with Crippen molar-refractivity contribution < 1.29 is 22.8 Å². The summed E-state index contributed by atoms with van der Waals surface area (Å²) >= 11 is 0. The number of benzene rings is 5. The predicted molar refractivity (Wildman–Crippen MR) is 193 cm³/mol. The number of carbonyl (C=O) groups is 3. The average Bonchev–Trinajstić information content (AvgIpc) is 3.14. The highest BCUT2D eigenvalue weighted by Gasteiger charge is 2.36. The minimum atomic E-state index is -4.08. The number of hydrogen-bond donors (Lipinski definition) is 3. The Balaban J connectivity index is 1.17. The van der Waals surface area contributed by atoms with Crippen LogP contribution >= 0.6 is 0 Å². The van der Waals surface area contributed by atoms with Gasteiger partial charge in [0.2, 0.25) is 5.91 Å². The van der Waals surface area contributed by atoms with Gasteiger partial charge < -0.3 is 15.5 Å². The van der Waals surface area contributed by atoms with E-state index >= 15 is 0 Å². The van der Waals surface area contributed by atoms with Crippen molar-refractivity contribution >= 4 is 33.6 Å². The summed E-state index contributed by atoms with van der Waals surface area (Å²) in [6.07, 6.45) is 2.65. The van der Waals surface area contributed by atoms with E-state index in [1.54, 1.807) is 24.3 Å². The highest BCUT2D eigenvalue weighted by Crippen LogP contribution is 2.41. The highest BCUT2D eigenvalue weighted by molar-refractivity contribution is 7.90. The van der Waals surface area contributed by atoms with Crippen molar-refractivity contribution in [3.8, 4) is 0 Å². The maximum absolute atomic E-state index is 14.2. The van der Waals surface area contributed by atoms with Crippen LogP contribution in [0.4, 0.5) is 10.5 Å². The maximum Gasteiger partial charge on any atom is 0.319 e. The van der Waals surface area contributed by atoms with Gasteiger partial charge in [0, 0.05) is 17.8 Å². The molecule has 0 aromatic heterocycles. The fourth-order valence-electron chi connectivity index (χ4n) is 6.49. The third-order valence-electron chi connectivity index (χ3n) is 8.86. The number of carbonyl (C=O) groups excluding carboxylic acids is 3. The second-order valence-corrected chi connectivity index (χ2v) is 14.0. The van der Waals surface area contributed by atoms with Crippen LogP contribution in [0.25, 0.3) is 0 Å². The van der Waals surface area contributed by atoms with Gasteiger partial charge in [0.1, 0.15) is 0 Å². The summed E-state index contributed by atoms with van der Waals surface area (Å²) in [6.45, 7) is 0.112. The number of hydrogen-bond acceptors (Lipinski definition) is 5. The first kappa shape index (κ1) is 34.1. The Bertz CT molecular complexity index is 2060. The van der Waals surface area contributed by atoms with Gasteiger partial charge in [-0.15, -0.1) is 0 Å². The molecule has 2 unspecified atom stereocenters. The summed E-state index contributed by atoms with van der Waals surface area (Å²) in [5, 5.41) is 5.36. The number of urea groups is 1. The first-order valence-corrected chi connectivity index (χ1v) is 18.0. The molecule has 254 valence electrons. The first-order valence-electron chi connectivity index (χ1n) is 16.5. The topological polar surface area (TPSA) is 125 Å². The van der Waals surface area contributed by atoms with Crippen LogP contribution < -0.4 is 15.4 Å². The first-order chi connectivity index (χ1) is 24.3. The van der Waals surface area contributed by atoms with E-state index in [2.05, 4.69) is 39.6 Å². The van der Waals surface area contributed by atoms with Crippen molar-refractivity contribution in [2.45, 2.75) is 36.7 Å². The van der Waals surface area contributed by atoms with E-state index < -0.39 is 22.0 Å². The molecule has 0 fully saturated rings. The van der Waals surface area contributed by atoms with E-state index in [-0.39, 0.29) is 40.6 Å². The molecule has 0 heterocycles. The quantitative estimate of drug-likeness (QED) is 0.146. The van der Waals surface area contributed by atoms with E-state index in [1.807, 2.05) is 65.6 Å². The van der Waals surface area contributed by atoms with Crippen LogP contribution in [0.2, 0.25) is 0 Å². The lowest BCUT2D eigenvalue weighted by molar-refractivity contribution is -0.135.